The molecule has 88 valence electrons. The highest BCUT2D eigenvalue weighted by atomic mass is 16.4. The molecule has 0 amide bonds. The van der Waals surface area contributed by atoms with Crippen LogP contribution in [0.5, 0.6) is 0 Å². The van der Waals surface area contributed by atoms with Gasteiger partial charge in [-0.1, -0.05) is 20.3 Å². The first-order chi connectivity index (χ1) is 7.13. The van der Waals surface area contributed by atoms with E-state index in [9.17, 15) is 9.59 Å². The number of nitrogens with one attached hydrogen (secondary N) is 1. The van der Waals surface area contributed by atoms with Crippen molar-refractivity contribution in [2.45, 2.75) is 39.5 Å². The first kappa shape index (κ1) is 14.1. The maximum atomic E-state index is 10.9. The molecule has 4 heteroatoms. The third-order valence-corrected chi connectivity index (χ3v) is 2.35. The molecular weight excluding hydrogens is 194 g/mol. The van der Waals surface area contributed by atoms with Gasteiger partial charge in [0.1, 0.15) is 11.7 Å². The van der Waals surface area contributed by atoms with E-state index in [0.717, 1.165) is 25.9 Å². The summed E-state index contributed by atoms with van der Waals surface area (Å²) in [5.74, 6) is -1.75. The van der Waals surface area contributed by atoms with Crippen LogP contribution in [0.4, 0.5) is 0 Å². The van der Waals surface area contributed by atoms with Gasteiger partial charge in [0, 0.05) is 6.42 Å². The topological polar surface area (TPSA) is 66.4 Å². The zero-order chi connectivity index (χ0) is 11.7. The number of aliphatic carboxylic acids is 1. The minimum atomic E-state index is -0.954. The SMILES string of the molecule is CCNCC.O=C(O)C1CCCCC1=O. The summed E-state index contributed by atoms with van der Waals surface area (Å²) < 4.78 is 0. The van der Waals surface area contributed by atoms with Crippen molar-refractivity contribution in [3.8, 4) is 0 Å². The van der Waals surface area contributed by atoms with Crippen molar-refractivity contribution >= 4 is 11.8 Å². The standard InChI is InChI=1S/C7H10O3.C4H11N/c8-6-4-2-1-3-5(6)7(9)10;1-3-5-4-2/h5H,1-4H2,(H,9,10);5H,3-4H2,1-2H3. The molecule has 1 fully saturated rings. The van der Waals surface area contributed by atoms with Crippen LogP contribution in [0.2, 0.25) is 0 Å². The lowest BCUT2D eigenvalue weighted by Gasteiger charge is -2.15. The lowest BCUT2D eigenvalue weighted by atomic mass is 9.88. The smallest absolute Gasteiger partial charge is 0.314 e. The first-order valence-electron chi connectivity index (χ1n) is 5.59. The highest BCUT2D eigenvalue weighted by Gasteiger charge is 2.27. The van der Waals surface area contributed by atoms with Gasteiger partial charge in [-0.05, 0) is 25.9 Å². The number of carboxylic acid groups (broad SMARTS) is 1. The third kappa shape index (κ3) is 6.23. The Kier molecular flexibility index (Phi) is 7.91. The molecule has 0 spiro atoms. The second-order valence-electron chi connectivity index (χ2n) is 3.56. The third-order valence-electron chi connectivity index (χ3n) is 2.35. The van der Waals surface area contributed by atoms with E-state index in [2.05, 4.69) is 19.2 Å². The largest absolute Gasteiger partial charge is 0.481 e. The van der Waals surface area contributed by atoms with Crippen molar-refractivity contribution in [1.29, 1.82) is 0 Å². The van der Waals surface area contributed by atoms with Gasteiger partial charge in [0.2, 0.25) is 0 Å². The Balaban J connectivity index is 0.000000336. The number of carbonyl (C=O) groups excluding carboxylic acids is 1. The van der Waals surface area contributed by atoms with E-state index in [4.69, 9.17) is 5.11 Å². The van der Waals surface area contributed by atoms with E-state index in [-0.39, 0.29) is 5.78 Å². The summed E-state index contributed by atoms with van der Waals surface area (Å²) in [5.41, 5.74) is 0. The van der Waals surface area contributed by atoms with Crippen LogP contribution in [0.25, 0.3) is 0 Å². The van der Waals surface area contributed by atoms with Gasteiger partial charge in [-0.3, -0.25) is 9.59 Å². The maximum Gasteiger partial charge on any atom is 0.314 e. The van der Waals surface area contributed by atoms with Crippen LogP contribution >= 0.6 is 0 Å². The zero-order valence-electron chi connectivity index (χ0n) is 9.58. The first-order valence-corrected chi connectivity index (χ1v) is 5.59. The summed E-state index contributed by atoms with van der Waals surface area (Å²) in [7, 11) is 0. The fourth-order valence-corrected chi connectivity index (χ4v) is 1.49. The predicted octanol–water partition coefficient (Wildman–Crippen LogP) is 1.45. The van der Waals surface area contributed by atoms with Gasteiger partial charge in [0.05, 0.1) is 0 Å². The predicted molar refractivity (Wildman–Crippen MR) is 58.8 cm³/mol. The monoisotopic (exact) mass is 215 g/mol. The van der Waals surface area contributed by atoms with E-state index >= 15 is 0 Å². The number of Topliss-reactive ketones (excluding diaryl/α,β-unsaturated/α-hetero) is 1. The number of carbonyl (C=O) groups is 2. The molecule has 0 heterocycles. The Morgan fingerprint density at radius 2 is 2.00 bits per heavy atom. The summed E-state index contributed by atoms with van der Waals surface area (Å²) in [5, 5.41) is 11.6. The lowest BCUT2D eigenvalue weighted by Crippen LogP contribution is -2.26. The molecule has 1 unspecified atom stereocenters. The zero-order valence-corrected chi connectivity index (χ0v) is 9.58. The quantitative estimate of drug-likeness (QED) is 0.699. The molecule has 0 aromatic heterocycles. The van der Waals surface area contributed by atoms with Crippen LogP contribution in [0.3, 0.4) is 0 Å². The van der Waals surface area contributed by atoms with Crippen molar-refractivity contribution in [3.63, 3.8) is 0 Å². The Morgan fingerprint density at radius 3 is 2.27 bits per heavy atom. The molecule has 0 bridgehead atoms. The van der Waals surface area contributed by atoms with Crippen molar-refractivity contribution in [2.75, 3.05) is 13.1 Å². The fourth-order valence-electron chi connectivity index (χ4n) is 1.49. The molecule has 1 aliphatic carbocycles. The summed E-state index contributed by atoms with van der Waals surface area (Å²) in [6, 6.07) is 0. The van der Waals surface area contributed by atoms with Crippen LogP contribution in [0.1, 0.15) is 39.5 Å². The van der Waals surface area contributed by atoms with Crippen molar-refractivity contribution in [3.05, 3.63) is 0 Å². The molecular formula is C11H21NO3. The molecule has 1 saturated carbocycles. The maximum absolute atomic E-state index is 10.9. The van der Waals surface area contributed by atoms with E-state index in [0.29, 0.717) is 12.8 Å². The highest BCUT2D eigenvalue weighted by molar-refractivity contribution is 5.98. The average molecular weight is 215 g/mol. The van der Waals surface area contributed by atoms with Crippen LogP contribution in [0, 0.1) is 5.92 Å². The Morgan fingerprint density at radius 1 is 1.40 bits per heavy atom. The summed E-state index contributed by atoms with van der Waals surface area (Å²) >= 11 is 0. The summed E-state index contributed by atoms with van der Waals surface area (Å²) in [6.07, 6.45) is 2.73. The molecule has 1 atom stereocenters. The average Bonchev–Trinajstić information content (AvgIpc) is 2.20. The number of carboxylic acids is 1. The Labute approximate surface area is 91.1 Å². The molecule has 1 aliphatic rings. The molecule has 4 nitrogen and oxygen atoms in total. The molecule has 0 aromatic rings. The second-order valence-corrected chi connectivity index (χ2v) is 3.56. The second kappa shape index (κ2) is 8.41. The van der Waals surface area contributed by atoms with E-state index < -0.39 is 11.9 Å². The molecule has 0 saturated heterocycles. The summed E-state index contributed by atoms with van der Waals surface area (Å²) in [4.78, 5) is 21.2. The minimum Gasteiger partial charge on any atom is -0.481 e. The van der Waals surface area contributed by atoms with Gasteiger partial charge in [-0.15, -0.1) is 0 Å². The van der Waals surface area contributed by atoms with E-state index in [1.807, 2.05) is 0 Å². The van der Waals surface area contributed by atoms with Crippen LogP contribution in [0.15, 0.2) is 0 Å². The van der Waals surface area contributed by atoms with Gasteiger partial charge in [-0.2, -0.15) is 0 Å². The molecule has 0 aromatic carbocycles. The normalized spacial score (nSPS) is 20.4. The molecule has 1 rings (SSSR count). The fraction of sp³-hybridized carbons (Fsp3) is 0.818. The van der Waals surface area contributed by atoms with Gasteiger partial charge in [0.25, 0.3) is 0 Å². The number of ketones is 1. The highest BCUT2D eigenvalue weighted by Crippen LogP contribution is 2.20. The van der Waals surface area contributed by atoms with Crippen molar-refractivity contribution in [2.24, 2.45) is 5.92 Å². The van der Waals surface area contributed by atoms with Crippen LogP contribution < -0.4 is 5.32 Å². The molecule has 15 heavy (non-hydrogen) atoms. The summed E-state index contributed by atoms with van der Waals surface area (Å²) in [6.45, 7) is 6.39. The number of rotatable bonds is 3. The minimum absolute atomic E-state index is 0.0984. The van der Waals surface area contributed by atoms with E-state index in [1.54, 1.807) is 0 Å². The van der Waals surface area contributed by atoms with Gasteiger partial charge in [0.15, 0.2) is 0 Å². The van der Waals surface area contributed by atoms with Crippen LogP contribution in [-0.2, 0) is 9.59 Å². The van der Waals surface area contributed by atoms with Crippen molar-refractivity contribution < 1.29 is 14.7 Å². The van der Waals surface area contributed by atoms with Gasteiger partial charge < -0.3 is 10.4 Å². The molecule has 0 aliphatic heterocycles. The van der Waals surface area contributed by atoms with Gasteiger partial charge >= 0.3 is 5.97 Å². The Bertz CT molecular complexity index is 202. The molecule has 0 radical (unpaired) electrons. The van der Waals surface area contributed by atoms with E-state index in [1.165, 1.54) is 0 Å². The lowest BCUT2D eigenvalue weighted by molar-refractivity contribution is -0.147. The van der Waals surface area contributed by atoms with Gasteiger partial charge in [-0.25, -0.2) is 0 Å². The Hall–Kier alpha value is -0.900. The number of hydrogen-bond acceptors (Lipinski definition) is 3. The number of hydrogen-bond donors (Lipinski definition) is 2. The van der Waals surface area contributed by atoms with Crippen molar-refractivity contribution in [1.82, 2.24) is 5.32 Å². The molecule has 2 N–H and O–H groups in total. The van der Waals surface area contributed by atoms with Crippen LogP contribution in [-0.4, -0.2) is 29.9 Å².